The van der Waals surface area contributed by atoms with Crippen molar-refractivity contribution in [3.8, 4) is 11.4 Å². The molecule has 0 bridgehead atoms. The number of nitrogens with two attached hydrogens (primary N) is 1. The lowest BCUT2D eigenvalue weighted by atomic mass is 10.0. The second-order valence-electron chi connectivity index (χ2n) is 7.86. The van der Waals surface area contributed by atoms with Gasteiger partial charge >= 0.3 is 24.3 Å². The number of aromatic nitrogens is 2. The zero-order valence-corrected chi connectivity index (χ0v) is 20.4. The molecule has 2 amide bonds. The molecule has 2 heterocycles. The highest BCUT2D eigenvalue weighted by molar-refractivity contribution is 6.00. The number of piperazine rings is 1. The Labute approximate surface area is 217 Å². The van der Waals surface area contributed by atoms with E-state index in [1.165, 1.54) is 0 Å². The minimum atomic E-state index is -5.08. The molecule has 0 radical (unpaired) electrons. The number of aryl methyl sites for hydroxylation is 1. The maximum absolute atomic E-state index is 13.0. The number of carbonyl (C=O) groups excluding carboxylic acids is 2. The summed E-state index contributed by atoms with van der Waals surface area (Å²) < 4.78 is 65.4. The molecule has 0 aliphatic carbocycles. The molecule has 1 aliphatic heterocycles. The zero-order chi connectivity index (χ0) is 30.0. The monoisotopic (exact) mass is 569 g/mol. The van der Waals surface area contributed by atoms with E-state index in [1.54, 1.807) is 6.20 Å². The Morgan fingerprint density at radius 1 is 0.923 bits per heavy atom. The molecule has 0 atom stereocenters. The molecular weight excluding hydrogens is 544 g/mol. The molecule has 4 N–H and O–H groups in total. The molecule has 17 heteroatoms. The van der Waals surface area contributed by atoms with Gasteiger partial charge in [0, 0.05) is 64.1 Å². The average Bonchev–Trinajstić information content (AvgIpc) is 3.28. The zero-order valence-electron chi connectivity index (χ0n) is 20.4. The standard InChI is InChI=1S/C18H23N5O2.2C2HF3O2/c1-21-9-7-20-17(21)14-4-2-3-5-15(14)18(25)23-12-10-22(11-13-23)8-6-16(19)24;2*3-2(4,5)1(6)7/h2-5,7,9H,6,8,10-13H2,1H3,(H2,19,24);2*(H,6,7). The Kier molecular flexibility index (Phi) is 11.9. The fourth-order valence-electron chi connectivity index (χ4n) is 3.10. The van der Waals surface area contributed by atoms with Gasteiger partial charge in [0.15, 0.2) is 0 Å². The molecule has 216 valence electrons. The van der Waals surface area contributed by atoms with Gasteiger partial charge in [-0.15, -0.1) is 0 Å². The summed E-state index contributed by atoms with van der Waals surface area (Å²) in [6, 6.07) is 7.58. The molecule has 0 unspecified atom stereocenters. The number of rotatable bonds is 5. The molecule has 1 saturated heterocycles. The van der Waals surface area contributed by atoms with E-state index in [1.807, 2.05) is 47.0 Å². The summed E-state index contributed by atoms with van der Waals surface area (Å²) in [5.41, 5.74) is 6.71. The highest BCUT2D eigenvalue weighted by Gasteiger charge is 2.38. The number of carbonyl (C=O) groups is 4. The lowest BCUT2D eigenvalue weighted by Crippen LogP contribution is -2.49. The smallest absolute Gasteiger partial charge is 0.475 e. The number of alkyl halides is 6. The van der Waals surface area contributed by atoms with Gasteiger partial charge in [-0.2, -0.15) is 26.3 Å². The first-order valence-electron chi connectivity index (χ1n) is 10.9. The van der Waals surface area contributed by atoms with Crippen LogP contribution < -0.4 is 5.73 Å². The first-order chi connectivity index (χ1) is 17.9. The first kappa shape index (κ1) is 32.9. The van der Waals surface area contributed by atoms with Crippen LogP contribution in [0.25, 0.3) is 11.4 Å². The predicted molar refractivity (Wildman–Crippen MR) is 122 cm³/mol. The van der Waals surface area contributed by atoms with Crippen LogP contribution in [0.3, 0.4) is 0 Å². The molecule has 1 aliphatic rings. The number of primary amides is 1. The molecule has 1 fully saturated rings. The highest BCUT2D eigenvalue weighted by Crippen LogP contribution is 2.23. The number of hydrogen-bond donors (Lipinski definition) is 3. The van der Waals surface area contributed by atoms with Gasteiger partial charge in [-0.1, -0.05) is 18.2 Å². The summed E-state index contributed by atoms with van der Waals surface area (Å²) in [5, 5.41) is 14.2. The Hall–Kier alpha value is -4.15. The van der Waals surface area contributed by atoms with Crippen LogP contribution in [0, 0.1) is 0 Å². The van der Waals surface area contributed by atoms with Crippen molar-refractivity contribution in [1.29, 1.82) is 0 Å². The van der Waals surface area contributed by atoms with E-state index in [-0.39, 0.29) is 11.8 Å². The van der Waals surface area contributed by atoms with E-state index in [0.717, 1.165) is 24.5 Å². The van der Waals surface area contributed by atoms with Crippen molar-refractivity contribution in [1.82, 2.24) is 19.4 Å². The van der Waals surface area contributed by atoms with Gasteiger partial charge < -0.3 is 25.4 Å². The Bertz CT molecular complexity index is 1120. The Balaban J connectivity index is 0.000000449. The third-order valence-electron chi connectivity index (χ3n) is 5.04. The number of amides is 2. The summed E-state index contributed by atoms with van der Waals surface area (Å²) >= 11 is 0. The Morgan fingerprint density at radius 2 is 1.41 bits per heavy atom. The van der Waals surface area contributed by atoms with Crippen molar-refractivity contribution in [2.45, 2.75) is 18.8 Å². The van der Waals surface area contributed by atoms with Crippen molar-refractivity contribution in [2.24, 2.45) is 12.8 Å². The van der Waals surface area contributed by atoms with Crippen molar-refractivity contribution < 1.29 is 55.7 Å². The van der Waals surface area contributed by atoms with Crippen LogP contribution in [0.1, 0.15) is 16.8 Å². The number of imidazole rings is 1. The van der Waals surface area contributed by atoms with Crippen LogP contribution in [0.5, 0.6) is 0 Å². The fraction of sp³-hybridized carbons (Fsp3) is 0.409. The second kappa shape index (κ2) is 14.1. The van der Waals surface area contributed by atoms with Crippen molar-refractivity contribution in [2.75, 3.05) is 32.7 Å². The van der Waals surface area contributed by atoms with Crippen LogP contribution in [-0.2, 0) is 21.4 Å². The maximum Gasteiger partial charge on any atom is 0.490 e. The van der Waals surface area contributed by atoms with Crippen LogP contribution in [0.2, 0.25) is 0 Å². The molecular formula is C22H25F6N5O6. The van der Waals surface area contributed by atoms with Gasteiger partial charge in [-0.3, -0.25) is 14.5 Å². The largest absolute Gasteiger partial charge is 0.490 e. The van der Waals surface area contributed by atoms with E-state index < -0.39 is 24.3 Å². The lowest BCUT2D eigenvalue weighted by molar-refractivity contribution is -0.193. The predicted octanol–water partition coefficient (Wildman–Crippen LogP) is 1.99. The number of hydrogen-bond acceptors (Lipinski definition) is 6. The first-order valence-corrected chi connectivity index (χ1v) is 10.9. The topological polar surface area (TPSA) is 159 Å². The maximum atomic E-state index is 13.0. The van der Waals surface area contributed by atoms with Crippen LogP contribution >= 0.6 is 0 Å². The number of aliphatic carboxylic acids is 2. The lowest BCUT2D eigenvalue weighted by Gasteiger charge is -2.34. The van der Waals surface area contributed by atoms with Crippen LogP contribution in [0.15, 0.2) is 36.7 Å². The van der Waals surface area contributed by atoms with Crippen molar-refractivity contribution in [3.63, 3.8) is 0 Å². The third-order valence-corrected chi connectivity index (χ3v) is 5.04. The minimum absolute atomic E-state index is 0.0214. The van der Waals surface area contributed by atoms with Gasteiger partial charge in [0.05, 0.1) is 5.56 Å². The van der Waals surface area contributed by atoms with E-state index in [4.69, 9.17) is 25.5 Å². The number of carboxylic acid groups (broad SMARTS) is 2. The van der Waals surface area contributed by atoms with Gasteiger partial charge in [0.2, 0.25) is 5.91 Å². The normalized spacial score (nSPS) is 13.9. The fourth-order valence-corrected chi connectivity index (χ4v) is 3.10. The van der Waals surface area contributed by atoms with E-state index >= 15 is 0 Å². The van der Waals surface area contributed by atoms with Gasteiger partial charge in [-0.05, 0) is 6.07 Å². The van der Waals surface area contributed by atoms with E-state index in [2.05, 4.69) is 9.88 Å². The summed E-state index contributed by atoms with van der Waals surface area (Å²) in [6.07, 6.45) is -6.21. The van der Waals surface area contributed by atoms with Gasteiger partial charge in [0.1, 0.15) is 5.82 Å². The van der Waals surface area contributed by atoms with Crippen LogP contribution in [-0.4, -0.2) is 98.4 Å². The van der Waals surface area contributed by atoms with Gasteiger partial charge in [0.25, 0.3) is 5.91 Å². The SMILES string of the molecule is Cn1ccnc1-c1ccccc1C(=O)N1CCN(CCC(N)=O)CC1.O=C(O)C(F)(F)F.O=C(O)C(F)(F)F. The minimum Gasteiger partial charge on any atom is -0.475 e. The summed E-state index contributed by atoms with van der Waals surface area (Å²) in [5.74, 6) is -5.00. The number of halogens is 6. The number of benzene rings is 1. The third kappa shape index (κ3) is 11.0. The molecule has 3 rings (SSSR count). The van der Waals surface area contributed by atoms with Crippen molar-refractivity contribution in [3.05, 3.63) is 42.2 Å². The van der Waals surface area contributed by atoms with E-state index in [0.29, 0.717) is 31.6 Å². The number of nitrogens with zero attached hydrogens (tertiary/aromatic N) is 4. The average molecular weight is 569 g/mol. The number of carboxylic acids is 2. The summed E-state index contributed by atoms with van der Waals surface area (Å²) in [6.45, 7) is 3.45. The van der Waals surface area contributed by atoms with Crippen LogP contribution in [0.4, 0.5) is 26.3 Å². The summed E-state index contributed by atoms with van der Waals surface area (Å²) in [7, 11) is 1.92. The second-order valence-corrected chi connectivity index (χ2v) is 7.86. The van der Waals surface area contributed by atoms with Crippen molar-refractivity contribution >= 4 is 23.8 Å². The molecule has 1 aromatic carbocycles. The quantitative estimate of drug-likeness (QED) is 0.461. The molecule has 0 spiro atoms. The van der Waals surface area contributed by atoms with E-state index in [9.17, 15) is 35.9 Å². The van der Waals surface area contributed by atoms with Gasteiger partial charge in [-0.25, -0.2) is 14.6 Å². The molecule has 1 aromatic heterocycles. The molecule has 39 heavy (non-hydrogen) atoms. The summed E-state index contributed by atoms with van der Waals surface area (Å²) in [4.78, 5) is 50.1. The Morgan fingerprint density at radius 3 is 1.82 bits per heavy atom. The molecule has 0 saturated carbocycles. The highest BCUT2D eigenvalue weighted by atomic mass is 19.4. The molecule has 11 nitrogen and oxygen atoms in total. The molecule has 2 aromatic rings.